The van der Waals surface area contributed by atoms with Crippen molar-refractivity contribution in [2.24, 2.45) is 0 Å². The predicted molar refractivity (Wildman–Crippen MR) is 43.4 cm³/mol. The molecule has 1 saturated heterocycles. The predicted octanol–water partition coefficient (Wildman–Crippen LogP) is 0.0393. The number of nitrogen functional groups attached to an aromatic ring is 1. The first-order valence-electron chi connectivity index (χ1n) is 4.12. The van der Waals surface area contributed by atoms with Gasteiger partial charge in [0.15, 0.2) is 5.82 Å². The lowest BCUT2D eigenvalue weighted by atomic mass is 10.2. The summed E-state index contributed by atoms with van der Waals surface area (Å²) < 4.78 is 5.42. The second-order valence-corrected chi connectivity index (χ2v) is 2.96. The highest BCUT2D eigenvalue weighted by Gasteiger charge is 2.16. The minimum Gasteiger partial charge on any atom is -0.381 e. The molecule has 2 heterocycles. The van der Waals surface area contributed by atoms with Crippen LogP contribution in [0, 0.1) is 0 Å². The van der Waals surface area contributed by atoms with Crippen molar-refractivity contribution in [1.82, 2.24) is 15.0 Å². The van der Waals surface area contributed by atoms with E-state index in [0.29, 0.717) is 5.82 Å². The van der Waals surface area contributed by atoms with Crippen LogP contribution < -0.4 is 5.73 Å². The minimum absolute atomic E-state index is 0.275. The van der Waals surface area contributed by atoms with E-state index in [1.54, 1.807) is 11.0 Å². The van der Waals surface area contributed by atoms with Gasteiger partial charge < -0.3 is 10.5 Å². The number of rotatable bonds is 2. The van der Waals surface area contributed by atoms with Crippen molar-refractivity contribution in [3.8, 4) is 0 Å². The molecular formula is C7H12N4O. The van der Waals surface area contributed by atoms with Crippen molar-refractivity contribution in [3.05, 3.63) is 6.20 Å². The molecule has 0 spiro atoms. The first kappa shape index (κ1) is 7.54. The Morgan fingerprint density at radius 3 is 3.25 bits per heavy atom. The highest BCUT2D eigenvalue weighted by atomic mass is 16.5. The lowest BCUT2D eigenvalue weighted by Gasteiger charge is -2.06. The van der Waals surface area contributed by atoms with E-state index in [0.717, 1.165) is 26.0 Å². The van der Waals surface area contributed by atoms with Gasteiger partial charge in [-0.1, -0.05) is 0 Å². The van der Waals surface area contributed by atoms with Gasteiger partial charge in [-0.3, -0.25) is 0 Å². The van der Waals surface area contributed by atoms with E-state index in [-0.39, 0.29) is 6.10 Å². The van der Waals surface area contributed by atoms with E-state index in [1.165, 1.54) is 0 Å². The fourth-order valence-electron chi connectivity index (χ4n) is 1.37. The number of ether oxygens (including phenoxy) is 1. The van der Waals surface area contributed by atoms with Gasteiger partial charge in [0.2, 0.25) is 0 Å². The van der Waals surface area contributed by atoms with Gasteiger partial charge in [-0.15, -0.1) is 5.10 Å². The van der Waals surface area contributed by atoms with Crippen LogP contribution in [-0.4, -0.2) is 27.7 Å². The van der Waals surface area contributed by atoms with Crippen LogP contribution in [0.4, 0.5) is 5.82 Å². The number of nitrogens with zero attached hydrogens (tertiary/aromatic N) is 3. The third-order valence-electron chi connectivity index (χ3n) is 1.95. The Balaban J connectivity index is 1.94. The molecule has 5 nitrogen and oxygen atoms in total. The Bertz CT molecular complexity index is 254. The SMILES string of the molecule is Nc1cnn(C[C@@H]2CCCO2)n1. The fourth-order valence-corrected chi connectivity index (χ4v) is 1.37. The number of hydrogen-bond donors (Lipinski definition) is 1. The van der Waals surface area contributed by atoms with Gasteiger partial charge in [-0.25, -0.2) is 0 Å². The van der Waals surface area contributed by atoms with Crippen molar-refractivity contribution in [2.45, 2.75) is 25.5 Å². The van der Waals surface area contributed by atoms with E-state index < -0.39 is 0 Å². The van der Waals surface area contributed by atoms with Gasteiger partial charge in [-0.05, 0) is 12.8 Å². The van der Waals surface area contributed by atoms with E-state index >= 15 is 0 Å². The van der Waals surface area contributed by atoms with Gasteiger partial charge in [0.1, 0.15) is 0 Å². The maximum absolute atomic E-state index is 5.42. The normalized spacial score (nSPS) is 23.2. The number of anilines is 1. The largest absolute Gasteiger partial charge is 0.381 e. The van der Waals surface area contributed by atoms with Crippen molar-refractivity contribution >= 4 is 5.82 Å². The number of nitrogens with two attached hydrogens (primary N) is 1. The molecule has 12 heavy (non-hydrogen) atoms. The van der Waals surface area contributed by atoms with Crippen LogP contribution >= 0.6 is 0 Å². The average molecular weight is 168 g/mol. The highest BCUT2D eigenvalue weighted by Crippen LogP contribution is 2.13. The molecular weight excluding hydrogens is 156 g/mol. The third kappa shape index (κ3) is 1.55. The monoisotopic (exact) mass is 168 g/mol. The molecule has 1 aromatic rings. The van der Waals surface area contributed by atoms with Crippen LogP contribution in [0.15, 0.2) is 6.20 Å². The molecule has 0 aliphatic carbocycles. The van der Waals surface area contributed by atoms with Gasteiger partial charge in [0, 0.05) is 6.61 Å². The number of hydrogen-bond acceptors (Lipinski definition) is 4. The summed E-state index contributed by atoms with van der Waals surface area (Å²) in [5.74, 6) is 0.466. The lowest BCUT2D eigenvalue weighted by molar-refractivity contribution is 0.0903. The third-order valence-corrected chi connectivity index (χ3v) is 1.95. The summed E-state index contributed by atoms with van der Waals surface area (Å²) in [5.41, 5.74) is 5.42. The Hall–Kier alpha value is -1.10. The molecule has 1 fully saturated rings. The quantitative estimate of drug-likeness (QED) is 0.677. The Kier molecular flexibility index (Phi) is 1.95. The molecule has 5 heteroatoms. The zero-order valence-corrected chi connectivity index (χ0v) is 6.81. The molecule has 2 rings (SSSR count). The van der Waals surface area contributed by atoms with Gasteiger partial charge in [0.25, 0.3) is 0 Å². The minimum atomic E-state index is 0.275. The summed E-state index contributed by atoms with van der Waals surface area (Å²) in [5, 5.41) is 7.96. The maximum atomic E-state index is 5.42. The molecule has 66 valence electrons. The molecule has 1 aliphatic heterocycles. The van der Waals surface area contributed by atoms with Gasteiger partial charge in [-0.2, -0.15) is 9.90 Å². The van der Waals surface area contributed by atoms with Crippen molar-refractivity contribution < 1.29 is 4.74 Å². The first-order valence-corrected chi connectivity index (χ1v) is 4.12. The fraction of sp³-hybridized carbons (Fsp3) is 0.714. The van der Waals surface area contributed by atoms with E-state index in [4.69, 9.17) is 10.5 Å². The summed E-state index contributed by atoms with van der Waals surface area (Å²) >= 11 is 0. The maximum Gasteiger partial charge on any atom is 0.165 e. The molecule has 0 aromatic carbocycles. The van der Waals surface area contributed by atoms with E-state index in [1.807, 2.05) is 0 Å². The Morgan fingerprint density at radius 1 is 1.75 bits per heavy atom. The van der Waals surface area contributed by atoms with Crippen LogP contribution in [0.25, 0.3) is 0 Å². The van der Waals surface area contributed by atoms with Crippen LogP contribution in [0.5, 0.6) is 0 Å². The van der Waals surface area contributed by atoms with Crippen LogP contribution in [0.2, 0.25) is 0 Å². The molecule has 0 bridgehead atoms. The second kappa shape index (κ2) is 3.10. The smallest absolute Gasteiger partial charge is 0.165 e. The average Bonchev–Trinajstić information content (AvgIpc) is 2.63. The van der Waals surface area contributed by atoms with Crippen molar-refractivity contribution in [3.63, 3.8) is 0 Å². The molecule has 1 aromatic heterocycles. The van der Waals surface area contributed by atoms with Crippen LogP contribution in [0.3, 0.4) is 0 Å². The zero-order valence-electron chi connectivity index (χ0n) is 6.81. The molecule has 0 amide bonds. The van der Waals surface area contributed by atoms with Gasteiger partial charge in [0.05, 0.1) is 18.8 Å². The molecule has 0 unspecified atom stereocenters. The molecule has 2 N–H and O–H groups in total. The second-order valence-electron chi connectivity index (χ2n) is 2.96. The number of aromatic nitrogens is 3. The van der Waals surface area contributed by atoms with Crippen molar-refractivity contribution in [1.29, 1.82) is 0 Å². The van der Waals surface area contributed by atoms with E-state index in [9.17, 15) is 0 Å². The summed E-state index contributed by atoms with van der Waals surface area (Å²) in [6.45, 7) is 1.58. The molecule has 1 atom stereocenters. The van der Waals surface area contributed by atoms with Crippen LogP contribution in [-0.2, 0) is 11.3 Å². The zero-order chi connectivity index (χ0) is 8.39. The van der Waals surface area contributed by atoms with Gasteiger partial charge >= 0.3 is 0 Å². The molecule has 1 aliphatic rings. The first-order chi connectivity index (χ1) is 5.84. The van der Waals surface area contributed by atoms with Crippen molar-refractivity contribution in [2.75, 3.05) is 12.3 Å². The lowest BCUT2D eigenvalue weighted by Crippen LogP contribution is -2.17. The highest BCUT2D eigenvalue weighted by molar-refractivity contribution is 5.19. The van der Waals surface area contributed by atoms with E-state index in [2.05, 4.69) is 10.2 Å². The topological polar surface area (TPSA) is 66.0 Å². The summed E-state index contributed by atoms with van der Waals surface area (Å²) in [6.07, 6.45) is 4.06. The Morgan fingerprint density at radius 2 is 2.67 bits per heavy atom. The summed E-state index contributed by atoms with van der Waals surface area (Å²) in [4.78, 5) is 1.59. The standard InChI is InChI=1S/C7H12N4O/c8-7-4-9-11(10-7)5-6-2-1-3-12-6/h4,6H,1-3,5H2,(H2,8,10)/t6-/m0/s1. The summed E-state index contributed by atoms with van der Waals surface area (Å²) in [7, 11) is 0. The Labute approximate surface area is 70.5 Å². The summed E-state index contributed by atoms with van der Waals surface area (Å²) in [6, 6.07) is 0. The van der Waals surface area contributed by atoms with Crippen LogP contribution in [0.1, 0.15) is 12.8 Å². The molecule has 0 saturated carbocycles. The molecule has 0 radical (unpaired) electrons.